The lowest BCUT2D eigenvalue weighted by atomic mass is 10.0. The zero-order chi connectivity index (χ0) is 21.2. The molecule has 2 heterocycles. The van der Waals surface area contributed by atoms with Crippen LogP contribution in [0.25, 0.3) is 22.0 Å². The molecule has 3 aromatic carbocycles. The average molecular weight is 430 g/mol. The molecule has 0 saturated carbocycles. The van der Waals surface area contributed by atoms with E-state index in [4.69, 9.17) is 11.6 Å². The maximum atomic E-state index is 9.71. The van der Waals surface area contributed by atoms with Crippen LogP contribution in [0.5, 0.6) is 5.75 Å². The second-order valence-corrected chi connectivity index (χ2v) is 8.47. The van der Waals surface area contributed by atoms with Gasteiger partial charge in [0.25, 0.3) is 0 Å². The summed E-state index contributed by atoms with van der Waals surface area (Å²) in [5, 5.41) is 14.6. The van der Waals surface area contributed by atoms with Crippen molar-refractivity contribution in [2.45, 2.75) is 19.4 Å². The van der Waals surface area contributed by atoms with E-state index in [2.05, 4.69) is 45.5 Å². The molecule has 0 atom stereocenters. The smallest absolute Gasteiger partial charge is 0.134 e. The molecule has 0 aliphatic carbocycles. The number of anilines is 2. The summed E-state index contributed by atoms with van der Waals surface area (Å²) >= 11 is 6.11. The summed E-state index contributed by atoms with van der Waals surface area (Å²) in [6.45, 7) is 3.44. The lowest BCUT2D eigenvalue weighted by molar-refractivity contribution is 0.331. The minimum Gasteiger partial charge on any atom is -0.506 e. The van der Waals surface area contributed by atoms with Crippen molar-refractivity contribution in [3.05, 3.63) is 83.5 Å². The third-order valence-electron chi connectivity index (χ3n) is 5.86. The Kier molecular flexibility index (Phi) is 5.49. The van der Waals surface area contributed by atoms with Crippen molar-refractivity contribution in [1.82, 2.24) is 9.88 Å². The van der Waals surface area contributed by atoms with Gasteiger partial charge in [-0.2, -0.15) is 0 Å². The molecule has 5 heteroatoms. The van der Waals surface area contributed by atoms with Crippen molar-refractivity contribution >= 4 is 33.9 Å². The fourth-order valence-corrected chi connectivity index (χ4v) is 4.35. The number of aromatic nitrogens is 1. The number of nitrogens with zero attached hydrogens (tertiary/aromatic N) is 2. The van der Waals surface area contributed by atoms with Crippen LogP contribution in [0.2, 0.25) is 5.02 Å². The van der Waals surface area contributed by atoms with Crippen LogP contribution in [0.4, 0.5) is 11.4 Å². The topological polar surface area (TPSA) is 48.4 Å². The highest BCUT2D eigenvalue weighted by atomic mass is 35.5. The molecule has 0 amide bonds. The fraction of sp³-hybridized carbons (Fsp3) is 0.192. The number of nitrogens with one attached hydrogen (secondary N) is 1. The molecule has 1 aromatic heterocycles. The molecule has 1 saturated heterocycles. The first-order valence-corrected chi connectivity index (χ1v) is 11.0. The Bertz CT molecular complexity index is 1220. The zero-order valence-electron chi connectivity index (χ0n) is 17.2. The highest BCUT2D eigenvalue weighted by Gasteiger charge is 2.12. The number of hydrogen-bond donors (Lipinski definition) is 2. The van der Waals surface area contributed by atoms with Gasteiger partial charge in [0.2, 0.25) is 0 Å². The minimum atomic E-state index is 0.0865. The van der Waals surface area contributed by atoms with E-state index in [0.29, 0.717) is 5.02 Å². The van der Waals surface area contributed by atoms with Gasteiger partial charge in [0.05, 0.1) is 10.5 Å². The number of phenols is 1. The molecule has 0 bridgehead atoms. The molecule has 1 aliphatic heterocycles. The first-order chi connectivity index (χ1) is 15.2. The van der Waals surface area contributed by atoms with Crippen molar-refractivity contribution in [2.75, 3.05) is 18.4 Å². The van der Waals surface area contributed by atoms with E-state index in [9.17, 15) is 5.11 Å². The SMILES string of the molecule is Oc1ccc(-c2ccc3nccc(Nc4ccc(CN5CCCC5)cc4)c3c2)cc1Cl. The number of likely N-dealkylation sites (tertiary alicyclic amines) is 1. The Morgan fingerprint density at radius 1 is 0.903 bits per heavy atom. The molecule has 1 fully saturated rings. The van der Waals surface area contributed by atoms with Crippen LogP contribution in [-0.4, -0.2) is 28.1 Å². The van der Waals surface area contributed by atoms with Gasteiger partial charge in [-0.1, -0.05) is 35.9 Å². The van der Waals surface area contributed by atoms with Crippen LogP contribution in [-0.2, 0) is 6.54 Å². The van der Waals surface area contributed by atoms with Crippen LogP contribution in [0.1, 0.15) is 18.4 Å². The van der Waals surface area contributed by atoms with E-state index in [-0.39, 0.29) is 5.75 Å². The van der Waals surface area contributed by atoms with Gasteiger partial charge in [-0.25, -0.2) is 0 Å². The van der Waals surface area contributed by atoms with E-state index in [0.717, 1.165) is 39.9 Å². The average Bonchev–Trinajstić information content (AvgIpc) is 3.30. The van der Waals surface area contributed by atoms with Crippen LogP contribution < -0.4 is 5.32 Å². The van der Waals surface area contributed by atoms with Crippen molar-refractivity contribution in [3.63, 3.8) is 0 Å². The standard InChI is InChI=1S/C26H24ClN3O/c27-23-16-20(6-10-26(23)31)19-5-9-24-22(15-19)25(11-12-28-24)29-21-7-3-18(4-8-21)17-30-13-1-2-14-30/h3-12,15-16,31H,1-2,13-14,17H2,(H,28,29). The first kappa shape index (κ1) is 19.9. The molecule has 0 unspecified atom stereocenters. The maximum absolute atomic E-state index is 9.71. The normalized spacial score (nSPS) is 14.2. The summed E-state index contributed by atoms with van der Waals surface area (Å²) in [6, 6.07) is 22.1. The number of hydrogen-bond acceptors (Lipinski definition) is 4. The number of halogens is 1. The molecule has 31 heavy (non-hydrogen) atoms. The van der Waals surface area contributed by atoms with Gasteiger partial charge in [0.15, 0.2) is 0 Å². The van der Waals surface area contributed by atoms with E-state index >= 15 is 0 Å². The third-order valence-corrected chi connectivity index (χ3v) is 6.16. The number of pyridine rings is 1. The Morgan fingerprint density at radius 3 is 2.42 bits per heavy atom. The zero-order valence-corrected chi connectivity index (χ0v) is 17.9. The summed E-state index contributed by atoms with van der Waals surface area (Å²) in [7, 11) is 0. The van der Waals surface area contributed by atoms with E-state index in [1.54, 1.807) is 12.1 Å². The third kappa shape index (κ3) is 4.36. The molecule has 0 radical (unpaired) electrons. The van der Waals surface area contributed by atoms with Crippen LogP contribution in [0, 0.1) is 0 Å². The summed E-state index contributed by atoms with van der Waals surface area (Å²) in [5.74, 6) is 0.0865. The molecule has 1 aliphatic rings. The number of benzene rings is 3. The van der Waals surface area contributed by atoms with Crippen LogP contribution in [0.3, 0.4) is 0 Å². The van der Waals surface area contributed by atoms with Gasteiger partial charge < -0.3 is 10.4 Å². The van der Waals surface area contributed by atoms with Crippen LogP contribution >= 0.6 is 11.6 Å². The van der Waals surface area contributed by atoms with Crippen molar-refractivity contribution in [3.8, 4) is 16.9 Å². The molecule has 0 spiro atoms. The summed E-state index contributed by atoms with van der Waals surface area (Å²) in [5.41, 5.74) is 6.29. The van der Waals surface area contributed by atoms with Gasteiger partial charge in [0.1, 0.15) is 5.75 Å². The minimum absolute atomic E-state index is 0.0865. The fourth-order valence-electron chi connectivity index (χ4n) is 4.17. The Labute approximate surface area is 187 Å². The summed E-state index contributed by atoms with van der Waals surface area (Å²) in [4.78, 5) is 7.02. The van der Waals surface area contributed by atoms with Gasteiger partial charge in [-0.05, 0) is 85.1 Å². The maximum Gasteiger partial charge on any atom is 0.134 e. The summed E-state index contributed by atoms with van der Waals surface area (Å²) < 4.78 is 0. The molecule has 2 N–H and O–H groups in total. The highest BCUT2D eigenvalue weighted by molar-refractivity contribution is 6.32. The Morgan fingerprint density at radius 2 is 1.65 bits per heavy atom. The van der Waals surface area contributed by atoms with Gasteiger partial charge in [-0.15, -0.1) is 0 Å². The van der Waals surface area contributed by atoms with Crippen molar-refractivity contribution in [2.24, 2.45) is 0 Å². The first-order valence-electron chi connectivity index (χ1n) is 10.6. The molecule has 156 valence electrons. The monoisotopic (exact) mass is 429 g/mol. The molecule has 5 rings (SSSR count). The lowest BCUT2D eigenvalue weighted by Gasteiger charge is -2.15. The number of fused-ring (bicyclic) bond motifs is 1. The Balaban J connectivity index is 1.42. The Hall–Kier alpha value is -3.08. The van der Waals surface area contributed by atoms with Gasteiger partial charge in [0, 0.05) is 29.5 Å². The van der Waals surface area contributed by atoms with Crippen molar-refractivity contribution in [1.29, 1.82) is 0 Å². The molecule has 4 nitrogen and oxygen atoms in total. The van der Waals surface area contributed by atoms with E-state index < -0.39 is 0 Å². The molecule has 4 aromatic rings. The number of rotatable bonds is 5. The second kappa shape index (κ2) is 8.58. The van der Waals surface area contributed by atoms with E-state index in [1.165, 1.54) is 31.5 Å². The van der Waals surface area contributed by atoms with Crippen LogP contribution in [0.15, 0.2) is 72.9 Å². The molecular weight excluding hydrogens is 406 g/mol. The predicted molar refractivity (Wildman–Crippen MR) is 128 cm³/mol. The van der Waals surface area contributed by atoms with E-state index in [1.807, 2.05) is 30.5 Å². The molecular formula is C26H24ClN3O. The number of aromatic hydroxyl groups is 1. The lowest BCUT2D eigenvalue weighted by Crippen LogP contribution is -2.18. The predicted octanol–water partition coefficient (Wildman–Crippen LogP) is 6.60. The highest BCUT2D eigenvalue weighted by Crippen LogP contribution is 2.33. The largest absolute Gasteiger partial charge is 0.506 e. The number of phenolic OH excluding ortho intramolecular Hbond substituents is 1. The summed E-state index contributed by atoms with van der Waals surface area (Å²) in [6.07, 6.45) is 4.45. The van der Waals surface area contributed by atoms with Gasteiger partial charge in [-0.3, -0.25) is 9.88 Å². The van der Waals surface area contributed by atoms with Crippen molar-refractivity contribution < 1.29 is 5.11 Å². The van der Waals surface area contributed by atoms with Gasteiger partial charge >= 0.3 is 0 Å². The second-order valence-electron chi connectivity index (χ2n) is 8.06. The quantitative estimate of drug-likeness (QED) is 0.375.